The van der Waals surface area contributed by atoms with Gasteiger partial charge in [-0.15, -0.1) is 0 Å². The first-order chi connectivity index (χ1) is 14.2. The van der Waals surface area contributed by atoms with E-state index in [1.54, 1.807) is 0 Å². The van der Waals surface area contributed by atoms with Crippen molar-refractivity contribution in [3.63, 3.8) is 0 Å². The largest absolute Gasteiger partial charge is 0.361 e. The standard InChI is InChI=1S/C22H24N6O/c1-15-20(16(2)29-26-15)14-27-11-7-18(8-12-27)22-24-21-4-3-19(13-28(21)25-22)17-5-9-23-10-6-17/h3-6,9-10,13,18H,7-8,11-12,14H2,1-2H3. The number of pyridine rings is 2. The number of rotatable bonds is 4. The van der Waals surface area contributed by atoms with Gasteiger partial charge in [0, 0.05) is 42.2 Å². The molecule has 1 aliphatic rings. The van der Waals surface area contributed by atoms with Gasteiger partial charge in [0.15, 0.2) is 11.5 Å². The number of hydrogen-bond acceptors (Lipinski definition) is 6. The van der Waals surface area contributed by atoms with Gasteiger partial charge in [0.05, 0.1) is 5.69 Å². The molecule has 0 aromatic carbocycles. The Labute approximate surface area is 169 Å². The van der Waals surface area contributed by atoms with E-state index in [2.05, 4.69) is 21.1 Å². The molecule has 1 saturated heterocycles. The molecular formula is C22H24N6O. The lowest BCUT2D eigenvalue weighted by Gasteiger charge is -2.30. The van der Waals surface area contributed by atoms with E-state index in [9.17, 15) is 0 Å². The van der Waals surface area contributed by atoms with Gasteiger partial charge in [-0.2, -0.15) is 5.10 Å². The molecule has 0 spiro atoms. The van der Waals surface area contributed by atoms with Crippen molar-refractivity contribution < 1.29 is 4.52 Å². The maximum Gasteiger partial charge on any atom is 0.155 e. The van der Waals surface area contributed by atoms with Gasteiger partial charge >= 0.3 is 0 Å². The molecule has 5 heterocycles. The van der Waals surface area contributed by atoms with Crippen molar-refractivity contribution >= 4 is 5.65 Å². The minimum Gasteiger partial charge on any atom is -0.361 e. The number of piperidine rings is 1. The average Bonchev–Trinajstić information content (AvgIpc) is 3.33. The van der Waals surface area contributed by atoms with E-state index in [0.29, 0.717) is 5.92 Å². The number of hydrogen-bond donors (Lipinski definition) is 0. The highest BCUT2D eigenvalue weighted by atomic mass is 16.5. The van der Waals surface area contributed by atoms with Gasteiger partial charge in [-0.3, -0.25) is 9.88 Å². The summed E-state index contributed by atoms with van der Waals surface area (Å²) in [4.78, 5) is 11.4. The normalized spacial score (nSPS) is 15.9. The van der Waals surface area contributed by atoms with E-state index in [4.69, 9.17) is 14.6 Å². The summed E-state index contributed by atoms with van der Waals surface area (Å²) >= 11 is 0. The summed E-state index contributed by atoms with van der Waals surface area (Å²) in [5.74, 6) is 2.28. The van der Waals surface area contributed by atoms with Crippen LogP contribution in [0.1, 0.15) is 41.6 Å². The van der Waals surface area contributed by atoms with Crippen LogP contribution in [0.25, 0.3) is 16.8 Å². The first-order valence-electron chi connectivity index (χ1n) is 10.1. The lowest BCUT2D eigenvalue weighted by Crippen LogP contribution is -2.33. The summed E-state index contributed by atoms with van der Waals surface area (Å²) in [6.07, 6.45) is 7.80. The van der Waals surface area contributed by atoms with E-state index < -0.39 is 0 Å². The molecule has 0 unspecified atom stereocenters. The Kier molecular flexibility index (Phi) is 4.60. The third kappa shape index (κ3) is 3.53. The van der Waals surface area contributed by atoms with Crippen molar-refractivity contribution in [1.29, 1.82) is 0 Å². The van der Waals surface area contributed by atoms with Gasteiger partial charge in [-0.05, 0) is 69.6 Å². The maximum absolute atomic E-state index is 5.30. The molecule has 0 amide bonds. The maximum atomic E-state index is 5.30. The van der Waals surface area contributed by atoms with Gasteiger partial charge in [-0.1, -0.05) is 5.16 Å². The molecule has 29 heavy (non-hydrogen) atoms. The predicted molar refractivity (Wildman–Crippen MR) is 109 cm³/mol. The molecule has 0 saturated carbocycles. The van der Waals surface area contributed by atoms with E-state index in [-0.39, 0.29) is 0 Å². The molecular weight excluding hydrogens is 364 g/mol. The quantitative estimate of drug-likeness (QED) is 0.530. The molecule has 0 bridgehead atoms. The Morgan fingerprint density at radius 2 is 1.83 bits per heavy atom. The fourth-order valence-electron chi connectivity index (χ4n) is 4.09. The molecule has 0 radical (unpaired) electrons. The summed E-state index contributed by atoms with van der Waals surface area (Å²) in [7, 11) is 0. The Morgan fingerprint density at radius 1 is 1.03 bits per heavy atom. The molecule has 0 aliphatic carbocycles. The summed E-state index contributed by atoms with van der Waals surface area (Å²) < 4.78 is 7.20. The minimum atomic E-state index is 0.403. The zero-order valence-corrected chi connectivity index (χ0v) is 16.7. The van der Waals surface area contributed by atoms with Gasteiger partial charge < -0.3 is 4.52 Å². The van der Waals surface area contributed by atoms with Crippen LogP contribution in [0.4, 0.5) is 0 Å². The average molecular weight is 388 g/mol. The molecule has 1 fully saturated rings. The van der Waals surface area contributed by atoms with E-state index in [1.807, 2.05) is 55.2 Å². The SMILES string of the molecule is Cc1noc(C)c1CN1CCC(c2nc3ccc(-c4ccncc4)cn3n2)CC1. The van der Waals surface area contributed by atoms with Crippen molar-refractivity contribution in [1.82, 2.24) is 29.6 Å². The summed E-state index contributed by atoms with van der Waals surface area (Å²) in [5, 5.41) is 8.87. The van der Waals surface area contributed by atoms with Crippen LogP contribution >= 0.6 is 0 Å². The molecule has 5 rings (SSSR count). The molecule has 0 N–H and O–H groups in total. The van der Waals surface area contributed by atoms with Crippen molar-refractivity contribution in [2.45, 2.75) is 39.2 Å². The Morgan fingerprint density at radius 3 is 2.55 bits per heavy atom. The van der Waals surface area contributed by atoms with Crippen LogP contribution in [0.2, 0.25) is 0 Å². The highest BCUT2D eigenvalue weighted by molar-refractivity contribution is 5.63. The number of aromatic nitrogens is 5. The van der Waals surface area contributed by atoms with Crippen LogP contribution < -0.4 is 0 Å². The second-order valence-electron chi connectivity index (χ2n) is 7.78. The Hall–Kier alpha value is -3.06. The topological polar surface area (TPSA) is 72.4 Å². The summed E-state index contributed by atoms with van der Waals surface area (Å²) in [5.41, 5.74) is 5.36. The zero-order chi connectivity index (χ0) is 19.8. The number of likely N-dealkylation sites (tertiary alicyclic amines) is 1. The third-order valence-corrected chi connectivity index (χ3v) is 5.88. The van der Waals surface area contributed by atoms with Crippen molar-refractivity contribution in [3.8, 4) is 11.1 Å². The number of fused-ring (bicyclic) bond motifs is 1. The van der Waals surface area contributed by atoms with Crippen LogP contribution in [0.5, 0.6) is 0 Å². The molecule has 148 valence electrons. The van der Waals surface area contributed by atoms with E-state index in [1.165, 1.54) is 5.56 Å². The highest BCUT2D eigenvalue weighted by Gasteiger charge is 2.25. The van der Waals surface area contributed by atoms with Crippen molar-refractivity contribution in [2.24, 2.45) is 0 Å². The fourth-order valence-corrected chi connectivity index (χ4v) is 4.09. The molecule has 0 atom stereocenters. The minimum absolute atomic E-state index is 0.403. The molecule has 1 aliphatic heterocycles. The number of aryl methyl sites for hydroxylation is 2. The summed E-state index contributed by atoms with van der Waals surface area (Å²) in [6, 6.07) is 8.15. The van der Waals surface area contributed by atoms with Gasteiger partial charge in [0.25, 0.3) is 0 Å². The monoisotopic (exact) mass is 388 g/mol. The van der Waals surface area contributed by atoms with Gasteiger partial charge in [0.2, 0.25) is 0 Å². The first kappa shape index (κ1) is 18.0. The fraction of sp³-hybridized carbons (Fsp3) is 0.364. The predicted octanol–water partition coefficient (Wildman–Crippen LogP) is 3.78. The Bertz CT molecular complexity index is 1110. The second kappa shape index (κ2) is 7.40. The van der Waals surface area contributed by atoms with E-state index in [0.717, 1.165) is 66.5 Å². The van der Waals surface area contributed by atoms with Crippen LogP contribution in [-0.4, -0.2) is 42.7 Å². The van der Waals surface area contributed by atoms with Crippen LogP contribution in [-0.2, 0) is 6.54 Å². The van der Waals surface area contributed by atoms with Crippen LogP contribution in [0, 0.1) is 13.8 Å². The lowest BCUT2D eigenvalue weighted by atomic mass is 9.96. The molecule has 7 heteroatoms. The molecule has 4 aromatic heterocycles. The van der Waals surface area contributed by atoms with Crippen molar-refractivity contribution in [2.75, 3.05) is 13.1 Å². The zero-order valence-electron chi connectivity index (χ0n) is 16.7. The second-order valence-corrected chi connectivity index (χ2v) is 7.78. The van der Waals surface area contributed by atoms with Crippen LogP contribution in [0.3, 0.4) is 0 Å². The van der Waals surface area contributed by atoms with Crippen molar-refractivity contribution in [3.05, 3.63) is 65.7 Å². The third-order valence-electron chi connectivity index (χ3n) is 5.88. The molecule has 7 nitrogen and oxygen atoms in total. The summed E-state index contributed by atoms with van der Waals surface area (Å²) in [6.45, 7) is 6.98. The van der Waals surface area contributed by atoms with Crippen LogP contribution in [0.15, 0.2) is 47.4 Å². The highest BCUT2D eigenvalue weighted by Crippen LogP contribution is 2.28. The number of nitrogens with zero attached hydrogens (tertiary/aromatic N) is 6. The lowest BCUT2D eigenvalue weighted by molar-refractivity contribution is 0.200. The van der Waals surface area contributed by atoms with Gasteiger partial charge in [-0.25, -0.2) is 9.50 Å². The van der Waals surface area contributed by atoms with E-state index >= 15 is 0 Å². The smallest absolute Gasteiger partial charge is 0.155 e. The Balaban J connectivity index is 1.29. The molecule has 4 aromatic rings. The first-order valence-corrected chi connectivity index (χ1v) is 10.1. The van der Waals surface area contributed by atoms with Gasteiger partial charge in [0.1, 0.15) is 5.76 Å².